The van der Waals surface area contributed by atoms with E-state index in [1.165, 1.54) is 16.1 Å². The number of nitrogens with one attached hydrogen (secondary N) is 1. The molecular formula is C13H18N4OS. The number of aliphatic hydroxyl groups is 1. The highest BCUT2D eigenvalue weighted by Gasteiger charge is 2.17. The molecule has 3 heterocycles. The molecule has 0 radical (unpaired) electrons. The van der Waals surface area contributed by atoms with Crippen LogP contribution in [0.2, 0.25) is 0 Å². The van der Waals surface area contributed by atoms with Gasteiger partial charge in [-0.2, -0.15) is 5.10 Å². The van der Waals surface area contributed by atoms with Crippen LogP contribution in [0.1, 0.15) is 40.6 Å². The van der Waals surface area contributed by atoms with Gasteiger partial charge in [-0.3, -0.25) is 10.00 Å². The lowest BCUT2D eigenvalue weighted by Gasteiger charge is -2.18. The minimum Gasteiger partial charge on any atom is -0.386 e. The summed E-state index contributed by atoms with van der Waals surface area (Å²) in [5.41, 5.74) is 2.58. The molecule has 3 rings (SSSR count). The van der Waals surface area contributed by atoms with Crippen LogP contribution in [0, 0.1) is 0 Å². The van der Waals surface area contributed by atoms with E-state index in [4.69, 9.17) is 0 Å². The number of aromatic nitrogens is 3. The number of nitrogens with zero attached hydrogens (tertiary/aromatic N) is 3. The molecule has 2 N–H and O–H groups in total. The summed E-state index contributed by atoms with van der Waals surface area (Å²) in [6.07, 6.45) is 5.57. The molecule has 1 aliphatic rings. The van der Waals surface area contributed by atoms with Crippen molar-refractivity contribution < 1.29 is 5.11 Å². The molecule has 0 fully saturated rings. The number of aromatic amines is 1. The van der Waals surface area contributed by atoms with Crippen LogP contribution in [0.4, 0.5) is 0 Å². The van der Waals surface area contributed by atoms with Crippen LogP contribution >= 0.6 is 11.3 Å². The summed E-state index contributed by atoms with van der Waals surface area (Å²) in [5, 5.41) is 17.5. The highest BCUT2D eigenvalue weighted by Crippen LogP contribution is 2.23. The second-order valence-electron chi connectivity index (χ2n) is 5.03. The molecule has 2 aromatic rings. The van der Waals surface area contributed by atoms with Gasteiger partial charge in [-0.1, -0.05) is 0 Å². The van der Waals surface area contributed by atoms with Crippen molar-refractivity contribution in [2.45, 2.75) is 39.0 Å². The SMILES string of the molecule is CC(O)c1ncc(CN2CCCc3[nH]ncc3C2)s1. The van der Waals surface area contributed by atoms with Crippen LogP contribution in [-0.4, -0.2) is 31.7 Å². The molecule has 19 heavy (non-hydrogen) atoms. The molecule has 0 saturated heterocycles. The molecule has 1 atom stereocenters. The van der Waals surface area contributed by atoms with Crippen molar-refractivity contribution >= 4 is 11.3 Å². The summed E-state index contributed by atoms with van der Waals surface area (Å²) >= 11 is 1.60. The van der Waals surface area contributed by atoms with Crippen molar-refractivity contribution in [2.24, 2.45) is 0 Å². The van der Waals surface area contributed by atoms with Crippen molar-refractivity contribution in [3.8, 4) is 0 Å². The first-order chi connectivity index (χ1) is 9.22. The Morgan fingerprint density at radius 1 is 1.53 bits per heavy atom. The van der Waals surface area contributed by atoms with Crippen LogP contribution in [0.25, 0.3) is 0 Å². The molecule has 2 aromatic heterocycles. The number of H-pyrrole nitrogens is 1. The number of rotatable bonds is 3. The molecule has 0 aliphatic carbocycles. The zero-order valence-electron chi connectivity index (χ0n) is 11.0. The normalized spacial score (nSPS) is 18.0. The third-order valence-corrected chi connectivity index (χ3v) is 4.56. The first kappa shape index (κ1) is 12.8. The van der Waals surface area contributed by atoms with Gasteiger partial charge in [-0.25, -0.2) is 4.98 Å². The van der Waals surface area contributed by atoms with E-state index >= 15 is 0 Å². The molecule has 0 amide bonds. The number of hydrogen-bond acceptors (Lipinski definition) is 5. The molecule has 0 saturated carbocycles. The predicted molar refractivity (Wildman–Crippen MR) is 73.8 cm³/mol. The summed E-state index contributed by atoms with van der Waals surface area (Å²) in [5.74, 6) is 0. The van der Waals surface area contributed by atoms with Crippen molar-refractivity contribution in [1.82, 2.24) is 20.1 Å². The highest BCUT2D eigenvalue weighted by atomic mass is 32.1. The maximum atomic E-state index is 9.51. The Morgan fingerprint density at radius 2 is 2.42 bits per heavy atom. The first-order valence-corrected chi connectivity index (χ1v) is 7.40. The maximum absolute atomic E-state index is 9.51. The minimum absolute atomic E-state index is 0.469. The summed E-state index contributed by atoms with van der Waals surface area (Å²) in [7, 11) is 0. The quantitative estimate of drug-likeness (QED) is 0.899. The van der Waals surface area contributed by atoms with Crippen molar-refractivity contribution in [3.63, 3.8) is 0 Å². The molecule has 5 nitrogen and oxygen atoms in total. The van der Waals surface area contributed by atoms with E-state index < -0.39 is 6.10 Å². The Hall–Kier alpha value is -1.24. The molecule has 0 bridgehead atoms. The number of thiazole rings is 1. The van der Waals surface area contributed by atoms with E-state index in [0.717, 1.165) is 37.5 Å². The largest absolute Gasteiger partial charge is 0.386 e. The fraction of sp³-hybridized carbons (Fsp3) is 0.538. The van der Waals surface area contributed by atoms with Crippen LogP contribution in [0.5, 0.6) is 0 Å². The zero-order chi connectivity index (χ0) is 13.2. The van der Waals surface area contributed by atoms with E-state index in [0.29, 0.717) is 0 Å². The lowest BCUT2D eigenvalue weighted by molar-refractivity contribution is 0.199. The van der Waals surface area contributed by atoms with Crippen LogP contribution in [-0.2, 0) is 19.5 Å². The maximum Gasteiger partial charge on any atom is 0.121 e. The summed E-state index contributed by atoms with van der Waals surface area (Å²) in [4.78, 5) is 7.89. The smallest absolute Gasteiger partial charge is 0.121 e. The lowest BCUT2D eigenvalue weighted by atomic mass is 10.2. The van der Waals surface area contributed by atoms with Gasteiger partial charge in [-0.15, -0.1) is 11.3 Å². The van der Waals surface area contributed by atoms with Gasteiger partial charge in [-0.05, 0) is 26.3 Å². The Labute approximate surface area is 116 Å². The van der Waals surface area contributed by atoms with Gasteiger partial charge in [0.05, 0.1) is 6.20 Å². The molecule has 102 valence electrons. The van der Waals surface area contributed by atoms with E-state index in [9.17, 15) is 5.11 Å². The summed E-state index contributed by atoms with van der Waals surface area (Å²) in [6, 6.07) is 0. The zero-order valence-corrected chi connectivity index (χ0v) is 11.8. The fourth-order valence-corrected chi connectivity index (χ4v) is 3.33. The Balaban J connectivity index is 1.69. The molecule has 1 unspecified atom stereocenters. The summed E-state index contributed by atoms with van der Waals surface area (Å²) in [6.45, 7) is 4.68. The topological polar surface area (TPSA) is 65.0 Å². The minimum atomic E-state index is -0.469. The fourth-order valence-electron chi connectivity index (χ4n) is 2.43. The number of aryl methyl sites for hydroxylation is 1. The average molecular weight is 278 g/mol. The van der Waals surface area contributed by atoms with Crippen LogP contribution in [0.3, 0.4) is 0 Å². The summed E-state index contributed by atoms with van der Waals surface area (Å²) < 4.78 is 0. The van der Waals surface area contributed by atoms with Crippen molar-refractivity contribution in [3.05, 3.63) is 33.5 Å². The van der Waals surface area contributed by atoms with Gasteiger partial charge in [0.15, 0.2) is 0 Å². The average Bonchev–Trinajstić information content (AvgIpc) is 2.96. The van der Waals surface area contributed by atoms with Gasteiger partial charge in [0, 0.05) is 35.4 Å². The second-order valence-corrected chi connectivity index (χ2v) is 6.18. The number of hydrogen-bond donors (Lipinski definition) is 2. The Bertz CT molecular complexity index is 548. The molecule has 0 aromatic carbocycles. The second kappa shape index (κ2) is 5.40. The van der Waals surface area contributed by atoms with Crippen molar-refractivity contribution in [1.29, 1.82) is 0 Å². The van der Waals surface area contributed by atoms with Gasteiger partial charge in [0.2, 0.25) is 0 Å². The molecule has 0 spiro atoms. The molecule has 6 heteroatoms. The third kappa shape index (κ3) is 2.86. The molecule has 1 aliphatic heterocycles. The monoisotopic (exact) mass is 278 g/mol. The van der Waals surface area contributed by atoms with E-state index in [2.05, 4.69) is 20.1 Å². The van der Waals surface area contributed by atoms with E-state index in [-0.39, 0.29) is 0 Å². The van der Waals surface area contributed by atoms with Gasteiger partial charge >= 0.3 is 0 Å². The van der Waals surface area contributed by atoms with Gasteiger partial charge in [0.1, 0.15) is 11.1 Å². The number of fused-ring (bicyclic) bond motifs is 1. The molecular weight excluding hydrogens is 260 g/mol. The first-order valence-electron chi connectivity index (χ1n) is 6.58. The number of aliphatic hydroxyl groups excluding tert-OH is 1. The Morgan fingerprint density at radius 3 is 3.21 bits per heavy atom. The predicted octanol–water partition coefficient (Wildman–Crippen LogP) is 1.87. The lowest BCUT2D eigenvalue weighted by Crippen LogP contribution is -2.22. The highest BCUT2D eigenvalue weighted by molar-refractivity contribution is 7.11. The van der Waals surface area contributed by atoms with Crippen molar-refractivity contribution in [2.75, 3.05) is 6.54 Å². The van der Waals surface area contributed by atoms with Gasteiger partial charge < -0.3 is 5.11 Å². The van der Waals surface area contributed by atoms with E-state index in [1.54, 1.807) is 18.3 Å². The Kier molecular flexibility index (Phi) is 3.63. The van der Waals surface area contributed by atoms with E-state index in [1.807, 2.05) is 12.4 Å². The van der Waals surface area contributed by atoms with Gasteiger partial charge in [0.25, 0.3) is 0 Å². The third-order valence-electron chi connectivity index (χ3n) is 3.41. The van der Waals surface area contributed by atoms with Crippen LogP contribution in [0.15, 0.2) is 12.4 Å². The standard InChI is InChI=1S/C13H18N4OS/c1-9(18)13-14-6-11(19-13)8-17-4-2-3-12-10(7-17)5-15-16-12/h5-6,9,18H,2-4,7-8H2,1H3,(H,15,16). The van der Waals surface area contributed by atoms with Crippen LogP contribution < -0.4 is 0 Å².